The number of benzene rings is 1. The van der Waals surface area contributed by atoms with Gasteiger partial charge in [-0.3, -0.25) is 0 Å². The zero-order chi connectivity index (χ0) is 18.9. The lowest BCUT2D eigenvalue weighted by atomic mass is 9.87. The molecule has 5 heteroatoms. The molecule has 5 nitrogen and oxygen atoms in total. The van der Waals surface area contributed by atoms with Gasteiger partial charge in [-0.15, -0.1) is 0 Å². The summed E-state index contributed by atoms with van der Waals surface area (Å²) in [5, 5.41) is 10.3. The van der Waals surface area contributed by atoms with Gasteiger partial charge in [0.05, 0.1) is 6.33 Å². The molecule has 0 aliphatic heterocycles. The maximum atomic E-state index is 10.3. The highest BCUT2D eigenvalue weighted by molar-refractivity contribution is 5.40. The molecule has 3 aromatic rings. The number of nitrogens with zero attached hydrogens (tertiary/aromatic N) is 3. The third kappa shape index (κ3) is 3.83. The number of hydrogen-bond donors (Lipinski definition) is 2. The zero-order valence-electron chi connectivity index (χ0n) is 16.0. The van der Waals surface area contributed by atoms with Gasteiger partial charge in [-0.2, -0.15) is 0 Å². The van der Waals surface area contributed by atoms with Gasteiger partial charge in [-0.05, 0) is 57.4 Å². The van der Waals surface area contributed by atoms with E-state index in [2.05, 4.69) is 52.0 Å². The second kappa shape index (κ2) is 7.00. The van der Waals surface area contributed by atoms with Crippen LogP contribution in [0, 0.1) is 20.8 Å². The molecule has 2 aromatic heterocycles. The van der Waals surface area contributed by atoms with E-state index in [0.717, 1.165) is 17.1 Å². The Hall–Kier alpha value is -2.53. The smallest absolute Gasteiger partial charge is 0.159 e. The van der Waals surface area contributed by atoms with E-state index < -0.39 is 5.60 Å². The highest BCUT2D eigenvalue weighted by Crippen LogP contribution is 2.31. The lowest BCUT2D eigenvalue weighted by molar-refractivity contribution is 0.0682. The van der Waals surface area contributed by atoms with Crippen LogP contribution in [0.15, 0.2) is 36.8 Å². The van der Waals surface area contributed by atoms with Crippen LogP contribution >= 0.6 is 0 Å². The van der Waals surface area contributed by atoms with Crippen molar-refractivity contribution in [3.63, 3.8) is 0 Å². The van der Waals surface area contributed by atoms with Gasteiger partial charge in [0.15, 0.2) is 5.82 Å². The summed E-state index contributed by atoms with van der Waals surface area (Å²) in [6.45, 7) is 9.64. The van der Waals surface area contributed by atoms with E-state index in [1.165, 1.54) is 16.7 Å². The Morgan fingerprint density at radius 3 is 2.58 bits per heavy atom. The Balaban J connectivity index is 2.05. The SMILES string of the molecule is Cc1cc(CC(c2cnc[nH]2)c2cccc(C)c2C)nc(C(C)(C)O)n1. The summed E-state index contributed by atoms with van der Waals surface area (Å²) >= 11 is 0. The van der Waals surface area contributed by atoms with Crippen LogP contribution in [-0.2, 0) is 12.0 Å². The molecule has 0 radical (unpaired) electrons. The lowest BCUT2D eigenvalue weighted by Gasteiger charge is -2.21. The van der Waals surface area contributed by atoms with E-state index in [4.69, 9.17) is 0 Å². The van der Waals surface area contributed by atoms with Gasteiger partial charge < -0.3 is 10.1 Å². The van der Waals surface area contributed by atoms with Crippen molar-refractivity contribution in [1.82, 2.24) is 19.9 Å². The van der Waals surface area contributed by atoms with Crippen LogP contribution in [0.2, 0.25) is 0 Å². The van der Waals surface area contributed by atoms with Crippen LogP contribution in [0.25, 0.3) is 0 Å². The first-order valence-electron chi connectivity index (χ1n) is 8.87. The molecule has 2 heterocycles. The molecule has 0 spiro atoms. The third-order valence-corrected chi connectivity index (χ3v) is 4.78. The first-order valence-corrected chi connectivity index (χ1v) is 8.87. The minimum Gasteiger partial charge on any atom is -0.382 e. The fourth-order valence-corrected chi connectivity index (χ4v) is 3.22. The zero-order valence-corrected chi connectivity index (χ0v) is 16.0. The Morgan fingerprint density at radius 1 is 1.15 bits per heavy atom. The topological polar surface area (TPSA) is 74.7 Å². The van der Waals surface area contributed by atoms with Crippen LogP contribution < -0.4 is 0 Å². The Morgan fingerprint density at radius 2 is 1.92 bits per heavy atom. The number of aliphatic hydroxyl groups is 1. The van der Waals surface area contributed by atoms with Gasteiger partial charge in [0.1, 0.15) is 5.60 Å². The summed E-state index contributed by atoms with van der Waals surface area (Å²) in [6.07, 6.45) is 4.29. The summed E-state index contributed by atoms with van der Waals surface area (Å²) in [5.41, 5.74) is 5.56. The molecule has 136 valence electrons. The molecule has 1 unspecified atom stereocenters. The number of rotatable bonds is 5. The van der Waals surface area contributed by atoms with E-state index in [0.29, 0.717) is 12.2 Å². The molecule has 1 atom stereocenters. The van der Waals surface area contributed by atoms with Crippen molar-refractivity contribution >= 4 is 0 Å². The summed E-state index contributed by atoms with van der Waals surface area (Å²) in [6, 6.07) is 8.38. The lowest BCUT2D eigenvalue weighted by Crippen LogP contribution is -2.21. The predicted molar refractivity (Wildman–Crippen MR) is 102 cm³/mol. The molecule has 0 saturated carbocycles. The van der Waals surface area contributed by atoms with Crippen molar-refractivity contribution in [2.45, 2.75) is 52.6 Å². The fourth-order valence-electron chi connectivity index (χ4n) is 3.22. The predicted octanol–water partition coefficient (Wildman–Crippen LogP) is 3.73. The van der Waals surface area contributed by atoms with Crippen molar-refractivity contribution in [3.8, 4) is 0 Å². The highest BCUT2D eigenvalue weighted by atomic mass is 16.3. The van der Waals surface area contributed by atoms with E-state index in [-0.39, 0.29) is 5.92 Å². The number of hydrogen-bond acceptors (Lipinski definition) is 4. The molecular weight excluding hydrogens is 324 g/mol. The van der Waals surface area contributed by atoms with Gasteiger partial charge in [0, 0.05) is 35.6 Å². The second-order valence-corrected chi connectivity index (χ2v) is 7.44. The first-order chi connectivity index (χ1) is 12.3. The van der Waals surface area contributed by atoms with E-state index in [9.17, 15) is 5.11 Å². The average molecular weight is 350 g/mol. The summed E-state index contributed by atoms with van der Waals surface area (Å²) in [7, 11) is 0. The molecule has 3 rings (SSSR count). The van der Waals surface area contributed by atoms with Crippen LogP contribution in [-0.4, -0.2) is 25.0 Å². The Labute approximate surface area is 154 Å². The number of aryl methyl sites for hydroxylation is 2. The number of H-pyrrole nitrogens is 1. The third-order valence-electron chi connectivity index (χ3n) is 4.78. The minimum absolute atomic E-state index is 0.112. The maximum absolute atomic E-state index is 10.3. The largest absolute Gasteiger partial charge is 0.382 e. The van der Waals surface area contributed by atoms with E-state index in [1.54, 1.807) is 20.2 Å². The van der Waals surface area contributed by atoms with Crippen LogP contribution in [0.1, 0.15) is 59.4 Å². The fraction of sp³-hybridized carbons (Fsp3) is 0.381. The monoisotopic (exact) mass is 350 g/mol. The highest BCUT2D eigenvalue weighted by Gasteiger charge is 2.23. The van der Waals surface area contributed by atoms with Gasteiger partial charge in [-0.25, -0.2) is 15.0 Å². The molecule has 2 N–H and O–H groups in total. The normalized spacial score (nSPS) is 13.0. The number of aromatic nitrogens is 4. The Bertz CT molecular complexity index is 895. The van der Waals surface area contributed by atoms with Crippen molar-refractivity contribution < 1.29 is 5.11 Å². The van der Waals surface area contributed by atoms with Gasteiger partial charge in [0.2, 0.25) is 0 Å². The molecule has 0 aliphatic rings. The summed E-state index contributed by atoms with van der Waals surface area (Å²) in [5.74, 6) is 0.568. The first kappa shape index (κ1) is 18.3. The standard InChI is InChI=1S/C21H26N4O/c1-13-7-6-8-17(15(13)3)18(19-11-22-12-23-19)10-16-9-14(2)24-20(25-16)21(4,5)26/h6-9,11-12,18,26H,10H2,1-5H3,(H,22,23). The van der Waals surface area contributed by atoms with Crippen LogP contribution in [0.4, 0.5) is 0 Å². The second-order valence-electron chi connectivity index (χ2n) is 7.44. The van der Waals surface area contributed by atoms with E-state index >= 15 is 0 Å². The van der Waals surface area contributed by atoms with E-state index in [1.807, 2.05) is 19.2 Å². The number of nitrogens with one attached hydrogen (secondary N) is 1. The minimum atomic E-state index is -1.07. The quantitative estimate of drug-likeness (QED) is 0.735. The summed E-state index contributed by atoms with van der Waals surface area (Å²) in [4.78, 5) is 16.5. The van der Waals surface area contributed by atoms with Gasteiger partial charge in [0.25, 0.3) is 0 Å². The van der Waals surface area contributed by atoms with Crippen LogP contribution in [0.3, 0.4) is 0 Å². The number of aromatic amines is 1. The molecule has 1 aromatic carbocycles. The molecule has 0 aliphatic carbocycles. The molecule has 26 heavy (non-hydrogen) atoms. The average Bonchev–Trinajstić information content (AvgIpc) is 3.08. The number of imidazole rings is 1. The maximum Gasteiger partial charge on any atom is 0.159 e. The molecule has 0 fully saturated rings. The van der Waals surface area contributed by atoms with Crippen molar-refractivity contribution in [2.24, 2.45) is 0 Å². The Kier molecular flexibility index (Phi) is 4.92. The van der Waals surface area contributed by atoms with Crippen LogP contribution in [0.5, 0.6) is 0 Å². The van der Waals surface area contributed by atoms with Gasteiger partial charge in [-0.1, -0.05) is 18.2 Å². The van der Waals surface area contributed by atoms with Gasteiger partial charge >= 0.3 is 0 Å². The molecule has 0 amide bonds. The van der Waals surface area contributed by atoms with Crippen molar-refractivity contribution in [1.29, 1.82) is 0 Å². The molecular formula is C21H26N4O. The van der Waals surface area contributed by atoms with Crippen molar-refractivity contribution in [3.05, 3.63) is 76.4 Å². The van der Waals surface area contributed by atoms with Crippen molar-refractivity contribution in [2.75, 3.05) is 0 Å². The molecule has 0 saturated heterocycles. The summed E-state index contributed by atoms with van der Waals surface area (Å²) < 4.78 is 0. The molecule has 0 bridgehead atoms.